The summed E-state index contributed by atoms with van der Waals surface area (Å²) in [5, 5.41) is 0. The second-order valence-electron chi connectivity index (χ2n) is 4.40. The number of hydrogen-bond donors (Lipinski definition) is 0. The molecule has 0 spiro atoms. The molecule has 0 unspecified atom stereocenters. The van der Waals surface area contributed by atoms with Gasteiger partial charge in [0.1, 0.15) is 0 Å². The van der Waals surface area contributed by atoms with Crippen molar-refractivity contribution in [3.8, 4) is 0 Å². The standard InChI is InChI=1S/C9H27NO2Si3/c1-8-10(9-2)15(7,11-13(3)4)12-14(5)6/h13-14H,8-9H2,1-7H3. The summed E-state index contributed by atoms with van der Waals surface area (Å²) in [4.78, 5) is 0. The predicted molar refractivity (Wildman–Crippen MR) is 74.5 cm³/mol. The Labute approximate surface area is 99.6 Å². The minimum Gasteiger partial charge on any atom is -0.428 e. The fraction of sp³-hybridized carbons (Fsp3) is 1.00. The van der Waals surface area contributed by atoms with Crippen molar-refractivity contribution in [3.05, 3.63) is 0 Å². The van der Waals surface area contributed by atoms with Gasteiger partial charge in [0.25, 0.3) is 0 Å². The molecule has 0 aromatic heterocycles. The lowest BCUT2D eigenvalue weighted by Gasteiger charge is -2.39. The average molecular weight is 266 g/mol. The average Bonchev–Trinajstić information content (AvgIpc) is 2.01. The molecule has 6 heteroatoms. The molecule has 92 valence electrons. The van der Waals surface area contributed by atoms with E-state index in [1.165, 1.54) is 0 Å². The number of hydrogen-bond acceptors (Lipinski definition) is 3. The third-order valence-electron chi connectivity index (χ3n) is 2.25. The molecule has 0 atom stereocenters. The van der Waals surface area contributed by atoms with E-state index in [2.05, 4.69) is 51.1 Å². The van der Waals surface area contributed by atoms with Crippen molar-refractivity contribution in [3.63, 3.8) is 0 Å². The molecule has 0 aromatic carbocycles. The second-order valence-corrected chi connectivity index (χ2v) is 12.9. The molecule has 15 heavy (non-hydrogen) atoms. The van der Waals surface area contributed by atoms with Crippen molar-refractivity contribution in [1.29, 1.82) is 0 Å². The van der Waals surface area contributed by atoms with Gasteiger partial charge in [-0.2, -0.15) is 0 Å². The van der Waals surface area contributed by atoms with Crippen LogP contribution in [0.4, 0.5) is 0 Å². The Morgan fingerprint density at radius 3 is 1.47 bits per heavy atom. The van der Waals surface area contributed by atoms with Gasteiger partial charge < -0.3 is 8.23 Å². The Hall–Kier alpha value is 0.531. The number of nitrogens with zero attached hydrogens (tertiary/aromatic N) is 1. The van der Waals surface area contributed by atoms with E-state index in [4.69, 9.17) is 8.23 Å². The fourth-order valence-corrected chi connectivity index (χ4v) is 11.9. The van der Waals surface area contributed by atoms with Gasteiger partial charge in [-0.15, -0.1) is 0 Å². The summed E-state index contributed by atoms with van der Waals surface area (Å²) in [5.74, 6) is 0. The van der Waals surface area contributed by atoms with Gasteiger partial charge in [0.2, 0.25) is 0 Å². The van der Waals surface area contributed by atoms with Crippen LogP contribution in [0.25, 0.3) is 0 Å². The Morgan fingerprint density at radius 1 is 0.933 bits per heavy atom. The maximum absolute atomic E-state index is 6.21. The van der Waals surface area contributed by atoms with Crippen LogP contribution in [0.2, 0.25) is 32.7 Å². The molecule has 0 aliphatic rings. The third-order valence-corrected chi connectivity index (χ3v) is 11.3. The summed E-state index contributed by atoms with van der Waals surface area (Å²) in [6.45, 7) is 17.5. The van der Waals surface area contributed by atoms with Gasteiger partial charge in [-0.1, -0.05) is 13.8 Å². The monoisotopic (exact) mass is 265 g/mol. The molecule has 0 aliphatic heterocycles. The van der Waals surface area contributed by atoms with Crippen LogP contribution >= 0.6 is 0 Å². The predicted octanol–water partition coefficient (Wildman–Crippen LogP) is 1.90. The minimum atomic E-state index is -2.05. The Bertz CT molecular complexity index is 165. The van der Waals surface area contributed by atoms with E-state index >= 15 is 0 Å². The molecule has 0 saturated heterocycles. The van der Waals surface area contributed by atoms with Crippen molar-refractivity contribution in [1.82, 2.24) is 4.57 Å². The van der Waals surface area contributed by atoms with E-state index in [-0.39, 0.29) is 0 Å². The third kappa shape index (κ3) is 5.41. The molecule has 0 heterocycles. The molecule has 0 rings (SSSR count). The normalized spacial score (nSPS) is 13.2. The lowest BCUT2D eigenvalue weighted by atomic mass is 10.7. The van der Waals surface area contributed by atoms with Gasteiger partial charge in [0.15, 0.2) is 18.1 Å². The fourth-order valence-electron chi connectivity index (χ4n) is 1.85. The highest BCUT2D eigenvalue weighted by molar-refractivity contribution is 6.77. The zero-order valence-electron chi connectivity index (χ0n) is 11.3. The van der Waals surface area contributed by atoms with Crippen molar-refractivity contribution in [2.75, 3.05) is 13.1 Å². The van der Waals surface area contributed by atoms with Crippen LogP contribution in [0.15, 0.2) is 0 Å². The van der Waals surface area contributed by atoms with Crippen molar-refractivity contribution < 1.29 is 8.23 Å². The van der Waals surface area contributed by atoms with E-state index in [0.717, 1.165) is 13.1 Å². The van der Waals surface area contributed by atoms with Gasteiger partial charge in [-0.25, -0.2) is 0 Å². The van der Waals surface area contributed by atoms with Gasteiger partial charge >= 0.3 is 8.72 Å². The molecule has 0 bridgehead atoms. The first-order chi connectivity index (χ1) is 6.85. The lowest BCUT2D eigenvalue weighted by molar-refractivity contribution is 0.275. The van der Waals surface area contributed by atoms with E-state index in [0.29, 0.717) is 0 Å². The van der Waals surface area contributed by atoms with Crippen LogP contribution in [-0.4, -0.2) is 44.5 Å². The Morgan fingerprint density at radius 2 is 1.27 bits per heavy atom. The second kappa shape index (κ2) is 6.97. The van der Waals surface area contributed by atoms with Crippen LogP contribution in [-0.2, 0) is 8.23 Å². The first kappa shape index (κ1) is 15.5. The van der Waals surface area contributed by atoms with Gasteiger partial charge in [0.05, 0.1) is 0 Å². The zero-order valence-corrected chi connectivity index (χ0v) is 14.6. The SMILES string of the molecule is CCN(CC)[Si](C)(O[SiH](C)C)O[SiH](C)C. The molecular formula is C9H27NO2Si3. The highest BCUT2D eigenvalue weighted by Crippen LogP contribution is 2.16. The molecule has 0 saturated carbocycles. The van der Waals surface area contributed by atoms with Gasteiger partial charge in [-0.3, -0.25) is 4.57 Å². The topological polar surface area (TPSA) is 21.7 Å². The molecular weight excluding hydrogens is 238 g/mol. The Balaban J connectivity index is 4.65. The highest BCUT2D eigenvalue weighted by atomic mass is 28.5. The summed E-state index contributed by atoms with van der Waals surface area (Å²) < 4.78 is 14.8. The van der Waals surface area contributed by atoms with E-state index < -0.39 is 26.8 Å². The van der Waals surface area contributed by atoms with Crippen LogP contribution in [0, 0.1) is 0 Å². The summed E-state index contributed by atoms with van der Waals surface area (Å²) >= 11 is 0. The quantitative estimate of drug-likeness (QED) is 0.656. The maximum atomic E-state index is 6.21. The summed E-state index contributed by atoms with van der Waals surface area (Å²) in [6, 6.07) is 0. The van der Waals surface area contributed by atoms with Gasteiger partial charge in [-0.05, 0) is 45.8 Å². The van der Waals surface area contributed by atoms with Gasteiger partial charge in [0, 0.05) is 0 Å². The van der Waals surface area contributed by atoms with Crippen LogP contribution in [0.1, 0.15) is 13.8 Å². The summed E-state index contributed by atoms with van der Waals surface area (Å²) in [7, 11) is -4.09. The van der Waals surface area contributed by atoms with Crippen molar-refractivity contribution in [2.24, 2.45) is 0 Å². The maximum Gasteiger partial charge on any atom is 0.403 e. The van der Waals surface area contributed by atoms with Crippen LogP contribution in [0.5, 0.6) is 0 Å². The largest absolute Gasteiger partial charge is 0.428 e. The number of rotatable bonds is 7. The molecule has 0 aromatic rings. The lowest BCUT2D eigenvalue weighted by Crippen LogP contribution is -2.59. The highest BCUT2D eigenvalue weighted by Gasteiger charge is 2.39. The zero-order chi connectivity index (χ0) is 12.1. The molecule has 0 aliphatic carbocycles. The van der Waals surface area contributed by atoms with E-state index in [1.54, 1.807) is 0 Å². The van der Waals surface area contributed by atoms with E-state index in [1.807, 2.05) is 0 Å². The van der Waals surface area contributed by atoms with Crippen LogP contribution < -0.4 is 0 Å². The minimum absolute atomic E-state index is 1.02. The van der Waals surface area contributed by atoms with Crippen molar-refractivity contribution in [2.45, 2.75) is 46.6 Å². The summed E-state index contributed by atoms with van der Waals surface area (Å²) in [6.07, 6.45) is 0. The van der Waals surface area contributed by atoms with Crippen molar-refractivity contribution >= 4 is 26.8 Å². The molecule has 0 N–H and O–H groups in total. The molecule has 3 nitrogen and oxygen atoms in total. The summed E-state index contributed by atoms with van der Waals surface area (Å²) in [5.41, 5.74) is 0. The van der Waals surface area contributed by atoms with E-state index in [9.17, 15) is 0 Å². The first-order valence-electron chi connectivity index (χ1n) is 5.96. The molecule has 0 radical (unpaired) electrons. The smallest absolute Gasteiger partial charge is 0.403 e. The van der Waals surface area contributed by atoms with Crippen LogP contribution in [0.3, 0.4) is 0 Å². The first-order valence-corrected chi connectivity index (χ1v) is 13.8. The molecule has 0 fully saturated rings. The Kier molecular flexibility index (Phi) is 7.22. The molecule has 0 amide bonds.